The Morgan fingerprint density at radius 3 is 2.58 bits per heavy atom. The Labute approximate surface area is 112 Å². The van der Waals surface area contributed by atoms with Gasteiger partial charge >= 0.3 is 0 Å². The molecule has 1 aromatic rings. The SMILES string of the molecule is CC(=O)C1CCN(S(=O)(=O)Cc2cc(C)on2)CC1. The number of carbonyl (C=O) groups is 1. The smallest absolute Gasteiger partial charge is 0.219 e. The van der Waals surface area contributed by atoms with Crippen LogP contribution in [0.25, 0.3) is 0 Å². The van der Waals surface area contributed by atoms with Gasteiger partial charge < -0.3 is 4.52 Å². The molecular weight excluding hydrogens is 268 g/mol. The molecule has 1 aliphatic rings. The number of aromatic nitrogens is 1. The van der Waals surface area contributed by atoms with Gasteiger partial charge in [0.1, 0.15) is 23.0 Å². The van der Waals surface area contributed by atoms with E-state index in [9.17, 15) is 13.2 Å². The third-order valence-electron chi connectivity index (χ3n) is 3.43. The third kappa shape index (κ3) is 3.42. The predicted molar refractivity (Wildman–Crippen MR) is 68.8 cm³/mol. The largest absolute Gasteiger partial charge is 0.361 e. The number of sulfonamides is 1. The highest BCUT2D eigenvalue weighted by atomic mass is 32.2. The highest BCUT2D eigenvalue weighted by molar-refractivity contribution is 7.88. The average Bonchev–Trinajstić information content (AvgIpc) is 2.74. The van der Waals surface area contributed by atoms with Crippen LogP contribution in [0.4, 0.5) is 0 Å². The first-order valence-corrected chi connectivity index (χ1v) is 7.90. The summed E-state index contributed by atoms with van der Waals surface area (Å²) in [5, 5.41) is 3.70. The van der Waals surface area contributed by atoms with Crippen molar-refractivity contribution < 1.29 is 17.7 Å². The molecule has 0 aromatic carbocycles. The van der Waals surface area contributed by atoms with E-state index in [0.717, 1.165) is 0 Å². The Morgan fingerprint density at radius 2 is 2.11 bits per heavy atom. The van der Waals surface area contributed by atoms with Crippen molar-refractivity contribution >= 4 is 15.8 Å². The molecule has 1 fully saturated rings. The maximum absolute atomic E-state index is 12.2. The topological polar surface area (TPSA) is 80.5 Å². The van der Waals surface area contributed by atoms with Gasteiger partial charge in [0, 0.05) is 25.1 Å². The normalized spacial score (nSPS) is 18.6. The van der Waals surface area contributed by atoms with Crippen LogP contribution >= 0.6 is 0 Å². The van der Waals surface area contributed by atoms with Gasteiger partial charge in [-0.2, -0.15) is 0 Å². The molecule has 0 N–H and O–H groups in total. The minimum absolute atomic E-state index is 0.000690. The van der Waals surface area contributed by atoms with Crippen molar-refractivity contribution in [3.05, 3.63) is 17.5 Å². The van der Waals surface area contributed by atoms with Crippen LogP contribution in [0.3, 0.4) is 0 Å². The van der Waals surface area contributed by atoms with Crippen molar-refractivity contribution in [3.63, 3.8) is 0 Å². The first-order valence-electron chi connectivity index (χ1n) is 6.29. The Balaban J connectivity index is 1.99. The summed E-state index contributed by atoms with van der Waals surface area (Å²) in [7, 11) is -3.37. The van der Waals surface area contributed by atoms with Gasteiger partial charge in [0.15, 0.2) is 0 Å². The molecule has 0 saturated carbocycles. The minimum atomic E-state index is -3.37. The zero-order chi connectivity index (χ0) is 14.0. The monoisotopic (exact) mass is 286 g/mol. The molecule has 0 aliphatic carbocycles. The Kier molecular flexibility index (Phi) is 4.05. The van der Waals surface area contributed by atoms with Crippen molar-refractivity contribution in [2.45, 2.75) is 32.4 Å². The number of rotatable bonds is 4. The number of hydrogen-bond donors (Lipinski definition) is 0. The van der Waals surface area contributed by atoms with Crippen LogP contribution < -0.4 is 0 Å². The van der Waals surface area contributed by atoms with Gasteiger partial charge in [0.25, 0.3) is 0 Å². The van der Waals surface area contributed by atoms with E-state index in [-0.39, 0.29) is 17.5 Å². The molecule has 0 amide bonds. The first-order chi connectivity index (χ1) is 8.88. The fourth-order valence-corrected chi connectivity index (χ4v) is 3.76. The van der Waals surface area contributed by atoms with Gasteiger partial charge in [-0.3, -0.25) is 4.79 Å². The molecule has 0 bridgehead atoms. The molecule has 19 heavy (non-hydrogen) atoms. The number of piperidine rings is 1. The maximum Gasteiger partial charge on any atom is 0.219 e. The number of nitrogens with zero attached hydrogens (tertiary/aromatic N) is 2. The van der Waals surface area contributed by atoms with E-state index in [4.69, 9.17) is 4.52 Å². The lowest BCUT2D eigenvalue weighted by molar-refractivity contribution is -0.121. The summed E-state index contributed by atoms with van der Waals surface area (Å²) in [6, 6.07) is 1.62. The highest BCUT2D eigenvalue weighted by Gasteiger charge is 2.30. The summed E-state index contributed by atoms with van der Waals surface area (Å²) < 4.78 is 30.7. The molecule has 1 saturated heterocycles. The minimum Gasteiger partial charge on any atom is -0.361 e. The van der Waals surface area contributed by atoms with Crippen molar-refractivity contribution in [3.8, 4) is 0 Å². The molecular formula is C12H18N2O4S. The highest BCUT2D eigenvalue weighted by Crippen LogP contribution is 2.22. The molecule has 7 heteroatoms. The van der Waals surface area contributed by atoms with E-state index in [1.807, 2.05) is 0 Å². The molecule has 0 atom stereocenters. The zero-order valence-corrected chi connectivity index (χ0v) is 11.9. The molecule has 2 heterocycles. The van der Waals surface area contributed by atoms with Crippen molar-refractivity contribution in [1.29, 1.82) is 0 Å². The summed E-state index contributed by atoms with van der Waals surface area (Å²) in [6.45, 7) is 4.10. The van der Waals surface area contributed by atoms with Gasteiger partial charge in [-0.05, 0) is 26.7 Å². The second-order valence-electron chi connectivity index (χ2n) is 4.97. The first kappa shape index (κ1) is 14.2. The number of ketones is 1. The number of aryl methyl sites for hydroxylation is 1. The molecule has 6 nitrogen and oxygen atoms in total. The quantitative estimate of drug-likeness (QED) is 0.828. The average molecular weight is 286 g/mol. The zero-order valence-electron chi connectivity index (χ0n) is 11.1. The van der Waals surface area contributed by atoms with Crippen LogP contribution in [-0.2, 0) is 20.6 Å². The molecule has 106 valence electrons. The van der Waals surface area contributed by atoms with Gasteiger partial charge in [-0.15, -0.1) is 0 Å². The Morgan fingerprint density at radius 1 is 1.47 bits per heavy atom. The summed E-state index contributed by atoms with van der Waals surface area (Å²) in [5.74, 6) is 0.597. The van der Waals surface area contributed by atoms with E-state index in [2.05, 4.69) is 5.16 Å². The fourth-order valence-electron chi connectivity index (χ4n) is 2.30. The van der Waals surface area contributed by atoms with Crippen LogP contribution in [0.15, 0.2) is 10.6 Å². The maximum atomic E-state index is 12.2. The van der Waals surface area contributed by atoms with E-state index >= 15 is 0 Å². The fraction of sp³-hybridized carbons (Fsp3) is 0.667. The van der Waals surface area contributed by atoms with Gasteiger partial charge in [-0.1, -0.05) is 5.16 Å². The standard InChI is InChI=1S/C12H18N2O4S/c1-9-7-12(13-18-9)8-19(16,17)14-5-3-11(4-6-14)10(2)15/h7,11H,3-6,8H2,1-2H3. The summed E-state index contributed by atoms with van der Waals surface area (Å²) >= 11 is 0. The molecule has 2 rings (SSSR count). The van der Waals surface area contributed by atoms with Crippen LogP contribution in [0, 0.1) is 12.8 Å². The number of carbonyl (C=O) groups excluding carboxylic acids is 1. The van der Waals surface area contributed by atoms with Gasteiger partial charge in [-0.25, -0.2) is 12.7 Å². The molecule has 0 spiro atoms. The van der Waals surface area contributed by atoms with Crippen LogP contribution in [0.1, 0.15) is 31.2 Å². The molecule has 0 unspecified atom stereocenters. The number of hydrogen-bond acceptors (Lipinski definition) is 5. The second-order valence-corrected chi connectivity index (χ2v) is 6.94. The molecule has 1 aromatic heterocycles. The van der Waals surface area contributed by atoms with Gasteiger partial charge in [0.2, 0.25) is 10.0 Å². The molecule has 1 aliphatic heterocycles. The van der Waals surface area contributed by atoms with Crippen molar-refractivity contribution in [2.24, 2.45) is 5.92 Å². The Hall–Kier alpha value is -1.21. The summed E-state index contributed by atoms with van der Waals surface area (Å²) in [5.41, 5.74) is 0.422. The van der Waals surface area contributed by atoms with Crippen LogP contribution in [-0.4, -0.2) is 36.8 Å². The van der Waals surface area contributed by atoms with E-state index in [1.54, 1.807) is 19.9 Å². The lowest BCUT2D eigenvalue weighted by Crippen LogP contribution is -2.40. The lowest BCUT2D eigenvalue weighted by Gasteiger charge is -2.29. The second kappa shape index (κ2) is 5.42. The van der Waals surface area contributed by atoms with Crippen molar-refractivity contribution in [1.82, 2.24) is 9.46 Å². The van der Waals surface area contributed by atoms with Crippen LogP contribution in [0.2, 0.25) is 0 Å². The predicted octanol–water partition coefficient (Wildman–Crippen LogP) is 1.11. The van der Waals surface area contributed by atoms with E-state index in [0.29, 0.717) is 37.4 Å². The number of Topliss-reactive ketones (excluding diaryl/α,β-unsaturated/α-hetero) is 1. The summed E-state index contributed by atoms with van der Waals surface area (Å²) in [6.07, 6.45) is 1.21. The van der Waals surface area contributed by atoms with Gasteiger partial charge in [0.05, 0.1) is 0 Å². The van der Waals surface area contributed by atoms with Crippen molar-refractivity contribution in [2.75, 3.05) is 13.1 Å². The lowest BCUT2D eigenvalue weighted by atomic mass is 9.95. The third-order valence-corrected chi connectivity index (χ3v) is 5.24. The Bertz CT molecular complexity index is 556. The van der Waals surface area contributed by atoms with E-state index in [1.165, 1.54) is 4.31 Å². The summed E-state index contributed by atoms with van der Waals surface area (Å²) in [4.78, 5) is 11.3. The molecule has 0 radical (unpaired) electrons. The van der Waals surface area contributed by atoms with E-state index < -0.39 is 10.0 Å². The van der Waals surface area contributed by atoms with Crippen LogP contribution in [0.5, 0.6) is 0 Å².